The summed E-state index contributed by atoms with van der Waals surface area (Å²) in [6.45, 7) is 0.759. The number of aliphatic hydroxyl groups excluding tert-OH is 1. The first-order valence-corrected chi connectivity index (χ1v) is 7.36. The number of carbonyl (C=O) groups is 1. The zero-order valence-corrected chi connectivity index (χ0v) is 12.4. The van der Waals surface area contributed by atoms with Crippen molar-refractivity contribution in [2.24, 2.45) is 7.05 Å². The van der Waals surface area contributed by atoms with E-state index in [1.165, 1.54) is 17.2 Å². The maximum absolute atomic E-state index is 12.3. The molecule has 8 heteroatoms. The van der Waals surface area contributed by atoms with Crippen molar-refractivity contribution in [1.29, 1.82) is 0 Å². The van der Waals surface area contributed by atoms with Gasteiger partial charge in [0.05, 0.1) is 19.0 Å². The van der Waals surface area contributed by atoms with E-state index in [-0.39, 0.29) is 30.3 Å². The molecule has 22 heavy (non-hydrogen) atoms. The van der Waals surface area contributed by atoms with E-state index in [0.29, 0.717) is 17.6 Å². The number of rotatable bonds is 4. The molecule has 0 bridgehead atoms. The molecule has 1 fully saturated rings. The van der Waals surface area contributed by atoms with Crippen molar-refractivity contribution in [2.45, 2.75) is 38.0 Å². The molecule has 2 N–H and O–H groups in total. The van der Waals surface area contributed by atoms with Crippen LogP contribution in [0, 0.1) is 0 Å². The molecule has 0 aliphatic carbocycles. The molecule has 2 atom stereocenters. The number of aromatic nitrogens is 4. The van der Waals surface area contributed by atoms with E-state index in [1.54, 1.807) is 11.6 Å². The SMILES string of the molecule is Cn1cnc2ncn(CC(=O)C[C@H]3NCCC[C@@H]3O)c(=O)c21. The van der Waals surface area contributed by atoms with Crippen LogP contribution < -0.4 is 10.9 Å². The van der Waals surface area contributed by atoms with E-state index in [2.05, 4.69) is 15.3 Å². The van der Waals surface area contributed by atoms with Crippen LogP contribution in [0.2, 0.25) is 0 Å². The fraction of sp³-hybridized carbons (Fsp3) is 0.571. The van der Waals surface area contributed by atoms with Crippen LogP contribution in [0.25, 0.3) is 11.2 Å². The van der Waals surface area contributed by atoms with Gasteiger partial charge in [-0.15, -0.1) is 0 Å². The van der Waals surface area contributed by atoms with Gasteiger partial charge >= 0.3 is 0 Å². The molecule has 0 amide bonds. The molecule has 2 aromatic rings. The highest BCUT2D eigenvalue weighted by Gasteiger charge is 2.25. The smallest absolute Gasteiger partial charge is 0.279 e. The van der Waals surface area contributed by atoms with Gasteiger partial charge in [-0.05, 0) is 19.4 Å². The quantitative estimate of drug-likeness (QED) is 0.767. The molecule has 1 aliphatic rings. The number of Topliss-reactive ketones (excluding diaryl/α,β-unsaturated/α-hetero) is 1. The van der Waals surface area contributed by atoms with Crippen LogP contribution in [0.15, 0.2) is 17.4 Å². The van der Waals surface area contributed by atoms with Gasteiger partial charge in [0.2, 0.25) is 0 Å². The van der Waals surface area contributed by atoms with Crippen molar-refractivity contribution in [3.05, 3.63) is 23.0 Å². The average Bonchev–Trinajstić information content (AvgIpc) is 2.87. The number of nitrogens with one attached hydrogen (secondary N) is 1. The standard InChI is InChI=1S/C14H19N5O3/c1-18-7-16-13-12(18)14(22)19(8-17-13)6-9(20)5-10-11(21)3-2-4-15-10/h7-8,10-11,15,21H,2-6H2,1H3/t10-,11+/m1/s1. The fourth-order valence-electron chi connectivity index (χ4n) is 2.83. The Hall–Kier alpha value is -2.06. The van der Waals surface area contributed by atoms with Crippen LogP contribution >= 0.6 is 0 Å². The number of imidazole rings is 1. The number of carbonyl (C=O) groups excluding carboxylic acids is 1. The van der Waals surface area contributed by atoms with E-state index in [4.69, 9.17) is 0 Å². The van der Waals surface area contributed by atoms with E-state index in [9.17, 15) is 14.7 Å². The van der Waals surface area contributed by atoms with Gasteiger partial charge in [-0.25, -0.2) is 9.97 Å². The fourth-order valence-corrected chi connectivity index (χ4v) is 2.83. The number of aryl methyl sites for hydroxylation is 1. The second-order valence-electron chi connectivity index (χ2n) is 5.72. The summed E-state index contributed by atoms with van der Waals surface area (Å²) in [5, 5.41) is 13.0. The molecule has 0 unspecified atom stereocenters. The van der Waals surface area contributed by atoms with Crippen LogP contribution in [-0.2, 0) is 18.4 Å². The highest BCUT2D eigenvalue weighted by atomic mass is 16.3. The minimum absolute atomic E-state index is 0.0438. The Kier molecular flexibility index (Phi) is 4.04. The van der Waals surface area contributed by atoms with Gasteiger partial charge in [0, 0.05) is 19.5 Å². The predicted molar refractivity (Wildman–Crippen MR) is 79.4 cm³/mol. The van der Waals surface area contributed by atoms with Crippen molar-refractivity contribution in [3.63, 3.8) is 0 Å². The lowest BCUT2D eigenvalue weighted by Crippen LogP contribution is -2.46. The number of ketones is 1. The summed E-state index contributed by atoms with van der Waals surface area (Å²) in [7, 11) is 1.72. The second-order valence-corrected chi connectivity index (χ2v) is 5.72. The predicted octanol–water partition coefficient (Wildman–Crippen LogP) is -0.798. The number of hydrogen-bond donors (Lipinski definition) is 2. The lowest BCUT2D eigenvalue weighted by Gasteiger charge is -2.28. The molecular formula is C14H19N5O3. The third kappa shape index (κ3) is 2.79. The zero-order valence-electron chi connectivity index (χ0n) is 12.4. The topological polar surface area (TPSA) is 102 Å². The lowest BCUT2D eigenvalue weighted by atomic mass is 9.97. The molecule has 1 saturated heterocycles. The Balaban J connectivity index is 1.75. The average molecular weight is 305 g/mol. The zero-order chi connectivity index (χ0) is 15.7. The normalized spacial score (nSPS) is 22.1. The summed E-state index contributed by atoms with van der Waals surface area (Å²) < 4.78 is 2.89. The molecule has 0 saturated carbocycles. The minimum atomic E-state index is -0.507. The second kappa shape index (κ2) is 5.98. The Morgan fingerprint density at radius 2 is 2.23 bits per heavy atom. The van der Waals surface area contributed by atoms with Gasteiger partial charge in [0.15, 0.2) is 16.9 Å². The summed E-state index contributed by atoms with van der Waals surface area (Å²) in [5.74, 6) is -0.108. The molecule has 0 radical (unpaired) electrons. The van der Waals surface area contributed by atoms with E-state index in [0.717, 1.165) is 13.0 Å². The van der Waals surface area contributed by atoms with Crippen LogP contribution in [0.3, 0.4) is 0 Å². The minimum Gasteiger partial charge on any atom is -0.391 e. The summed E-state index contributed by atoms with van der Waals surface area (Å²) in [5.41, 5.74) is 0.474. The Morgan fingerprint density at radius 3 is 3.00 bits per heavy atom. The van der Waals surface area contributed by atoms with Gasteiger partial charge in [0.1, 0.15) is 6.33 Å². The van der Waals surface area contributed by atoms with Crippen molar-refractivity contribution < 1.29 is 9.90 Å². The summed E-state index contributed by atoms with van der Waals surface area (Å²) in [4.78, 5) is 32.6. The van der Waals surface area contributed by atoms with Gasteiger partial charge < -0.3 is 15.0 Å². The summed E-state index contributed by atoms with van der Waals surface area (Å²) >= 11 is 0. The molecule has 2 aromatic heterocycles. The summed E-state index contributed by atoms with van der Waals surface area (Å²) in [6.07, 6.45) is 4.18. The first-order valence-electron chi connectivity index (χ1n) is 7.36. The molecule has 3 rings (SSSR count). The van der Waals surface area contributed by atoms with Crippen LogP contribution in [-0.4, -0.2) is 48.7 Å². The molecule has 0 aromatic carbocycles. The van der Waals surface area contributed by atoms with Crippen molar-refractivity contribution >= 4 is 16.9 Å². The number of aliphatic hydroxyl groups is 1. The largest absolute Gasteiger partial charge is 0.391 e. The van der Waals surface area contributed by atoms with E-state index < -0.39 is 6.10 Å². The molecular weight excluding hydrogens is 286 g/mol. The number of fused-ring (bicyclic) bond motifs is 1. The van der Waals surface area contributed by atoms with Crippen LogP contribution in [0.5, 0.6) is 0 Å². The molecule has 118 valence electrons. The monoisotopic (exact) mass is 305 g/mol. The number of nitrogens with zero attached hydrogens (tertiary/aromatic N) is 4. The molecule has 8 nitrogen and oxygen atoms in total. The van der Waals surface area contributed by atoms with Gasteiger partial charge in [0.25, 0.3) is 5.56 Å². The highest BCUT2D eigenvalue weighted by molar-refractivity contribution is 5.79. The van der Waals surface area contributed by atoms with Crippen LogP contribution in [0.4, 0.5) is 0 Å². The van der Waals surface area contributed by atoms with Crippen molar-refractivity contribution in [2.75, 3.05) is 6.54 Å². The lowest BCUT2D eigenvalue weighted by molar-refractivity contribution is -0.121. The Labute approximate surface area is 126 Å². The van der Waals surface area contributed by atoms with Crippen LogP contribution in [0.1, 0.15) is 19.3 Å². The first kappa shape index (κ1) is 14.9. The van der Waals surface area contributed by atoms with Crippen molar-refractivity contribution in [3.8, 4) is 0 Å². The Bertz CT molecular complexity index is 751. The molecule has 0 spiro atoms. The van der Waals surface area contributed by atoms with Gasteiger partial charge in [-0.3, -0.25) is 14.2 Å². The molecule has 3 heterocycles. The van der Waals surface area contributed by atoms with E-state index in [1.807, 2.05) is 0 Å². The number of piperidine rings is 1. The maximum Gasteiger partial charge on any atom is 0.279 e. The Morgan fingerprint density at radius 1 is 1.45 bits per heavy atom. The van der Waals surface area contributed by atoms with Gasteiger partial charge in [-0.2, -0.15) is 0 Å². The van der Waals surface area contributed by atoms with Crippen molar-refractivity contribution in [1.82, 2.24) is 24.4 Å². The molecule has 1 aliphatic heterocycles. The maximum atomic E-state index is 12.3. The summed E-state index contributed by atoms with van der Waals surface area (Å²) in [6, 6.07) is -0.231. The highest BCUT2D eigenvalue weighted by Crippen LogP contribution is 2.12. The van der Waals surface area contributed by atoms with Gasteiger partial charge in [-0.1, -0.05) is 0 Å². The first-order chi connectivity index (χ1) is 10.6. The van der Waals surface area contributed by atoms with E-state index >= 15 is 0 Å². The third-order valence-electron chi connectivity index (χ3n) is 4.04. The third-order valence-corrected chi connectivity index (χ3v) is 4.04. The number of hydrogen-bond acceptors (Lipinski definition) is 6.